The number of rotatable bonds is 7. The lowest BCUT2D eigenvalue weighted by Crippen LogP contribution is -2.06. The highest BCUT2D eigenvalue weighted by atomic mass is 16.3. The molecule has 0 aliphatic rings. The van der Waals surface area contributed by atoms with Crippen molar-refractivity contribution in [3.8, 4) is 34.2 Å². The SMILES string of the molecule is N=C(c1ccc2oc3ccc(-c4nc(-c5ccccc5)nc(-c5ccccc5)n4)cc3c2c1)c1c(Nc2ccccc2)ccc2ccccc12. The number of fused-ring (bicyclic) bond motifs is 4. The summed E-state index contributed by atoms with van der Waals surface area (Å²) >= 11 is 0. The van der Waals surface area contributed by atoms with Crippen molar-refractivity contribution < 1.29 is 4.42 Å². The van der Waals surface area contributed by atoms with E-state index in [1.165, 1.54) is 0 Å². The normalized spacial score (nSPS) is 11.3. The lowest BCUT2D eigenvalue weighted by atomic mass is 9.93. The van der Waals surface area contributed by atoms with Gasteiger partial charge in [-0.2, -0.15) is 0 Å². The summed E-state index contributed by atoms with van der Waals surface area (Å²) in [6.07, 6.45) is 0. The molecule has 6 heteroatoms. The highest BCUT2D eigenvalue weighted by Gasteiger charge is 2.18. The van der Waals surface area contributed by atoms with Gasteiger partial charge < -0.3 is 9.73 Å². The van der Waals surface area contributed by atoms with Gasteiger partial charge in [0.1, 0.15) is 11.2 Å². The van der Waals surface area contributed by atoms with Crippen LogP contribution in [0.3, 0.4) is 0 Å². The van der Waals surface area contributed by atoms with E-state index in [9.17, 15) is 5.41 Å². The lowest BCUT2D eigenvalue weighted by molar-refractivity contribution is 0.669. The molecule has 0 radical (unpaired) electrons. The van der Waals surface area contributed by atoms with Crippen molar-refractivity contribution in [1.82, 2.24) is 15.0 Å². The fourth-order valence-corrected chi connectivity index (χ4v) is 6.48. The molecule has 0 atom stereocenters. The number of anilines is 2. The van der Waals surface area contributed by atoms with Gasteiger partial charge in [-0.05, 0) is 65.4 Å². The average Bonchev–Trinajstić information content (AvgIpc) is 3.56. The molecule has 50 heavy (non-hydrogen) atoms. The molecule has 0 fully saturated rings. The van der Waals surface area contributed by atoms with Crippen molar-refractivity contribution in [2.24, 2.45) is 0 Å². The van der Waals surface area contributed by atoms with Crippen LogP contribution in [0.1, 0.15) is 11.1 Å². The first kappa shape index (κ1) is 29.2. The topological polar surface area (TPSA) is 87.7 Å². The molecule has 7 aromatic carbocycles. The summed E-state index contributed by atoms with van der Waals surface area (Å²) in [7, 11) is 0. The van der Waals surface area contributed by atoms with E-state index >= 15 is 0 Å². The van der Waals surface area contributed by atoms with Crippen LogP contribution >= 0.6 is 0 Å². The Labute approximate surface area is 288 Å². The standard InChI is InChI=1S/C44H29N5O/c45-41(40-34-19-11-10-12-28(34)20-23-37(40)46-33-17-8-3-9-18-33)31-21-24-38-35(26-31)36-27-32(22-25-39(36)50-38)44-48-42(29-13-4-1-5-14-29)47-43(49-44)30-15-6-2-7-16-30/h1-27,45-46H. The molecule has 2 aromatic heterocycles. The Morgan fingerprint density at radius 1 is 0.480 bits per heavy atom. The van der Waals surface area contributed by atoms with Crippen molar-refractivity contribution in [2.45, 2.75) is 0 Å². The smallest absolute Gasteiger partial charge is 0.164 e. The number of nitrogens with one attached hydrogen (secondary N) is 2. The first-order chi connectivity index (χ1) is 24.7. The molecule has 9 rings (SSSR count). The summed E-state index contributed by atoms with van der Waals surface area (Å²) in [6, 6.07) is 54.4. The number of furan rings is 1. The molecule has 2 heterocycles. The summed E-state index contributed by atoms with van der Waals surface area (Å²) in [5.41, 5.74) is 8.07. The molecule has 0 amide bonds. The maximum absolute atomic E-state index is 9.59. The first-order valence-corrected chi connectivity index (χ1v) is 16.4. The largest absolute Gasteiger partial charge is 0.456 e. The summed E-state index contributed by atoms with van der Waals surface area (Å²) in [4.78, 5) is 14.7. The van der Waals surface area contributed by atoms with E-state index < -0.39 is 0 Å². The molecule has 0 aliphatic carbocycles. The number of benzene rings is 7. The van der Waals surface area contributed by atoms with E-state index in [4.69, 9.17) is 19.4 Å². The van der Waals surface area contributed by atoms with Crippen molar-refractivity contribution in [3.05, 3.63) is 175 Å². The fourth-order valence-electron chi connectivity index (χ4n) is 6.48. The zero-order valence-corrected chi connectivity index (χ0v) is 26.8. The van der Waals surface area contributed by atoms with Crippen LogP contribution in [0.15, 0.2) is 168 Å². The zero-order valence-electron chi connectivity index (χ0n) is 26.8. The molecule has 0 spiro atoms. The molecule has 0 unspecified atom stereocenters. The van der Waals surface area contributed by atoms with Gasteiger partial charge >= 0.3 is 0 Å². The second-order valence-electron chi connectivity index (χ2n) is 12.1. The van der Waals surface area contributed by atoms with Gasteiger partial charge in [-0.25, -0.2) is 15.0 Å². The number of nitrogens with zero attached hydrogens (tertiary/aromatic N) is 3. The molecule has 236 valence electrons. The maximum atomic E-state index is 9.59. The quantitative estimate of drug-likeness (QED) is 0.169. The third-order valence-corrected chi connectivity index (χ3v) is 8.95. The highest BCUT2D eigenvalue weighted by molar-refractivity contribution is 6.23. The fraction of sp³-hybridized carbons (Fsp3) is 0. The van der Waals surface area contributed by atoms with Crippen LogP contribution in [-0.4, -0.2) is 20.7 Å². The van der Waals surface area contributed by atoms with Gasteiger partial charge in [0.15, 0.2) is 17.5 Å². The summed E-state index contributed by atoms with van der Waals surface area (Å²) in [6.45, 7) is 0. The summed E-state index contributed by atoms with van der Waals surface area (Å²) in [5, 5.41) is 17.1. The number of hydrogen-bond acceptors (Lipinski definition) is 6. The summed E-state index contributed by atoms with van der Waals surface area (Å²) < 4.78 is 6.31. The maximum Gasteiger partial charge on any atom is 0.164 e. The minimum Gasteiger partial charge on any atom is -0.456 e. The minimum atomic E-state index is 0.421. The van der Waals surface area contributed by atoms with Crippen LogP contribution < -0.4 is 5.32 Å². The second-order valence-corrected chi connectivity index (χ2v) is 12.1. The Morgan fingerprint density at radius 2 is 1.04 bits per heavy atom. The van der Waals surface area contributed by atoms with E-state index in [2.05, 4.69) is 41.7 Å². The van der Waals surface area contributed by atoms with Crippen LogP contribution in [0.4, 0.5) is 11.4 Å². The van der Waals surface area contributed by atoms with Crippen molar-refractivity contribution in [2.75, 3.05) is 5.32 Å². The third-order valence-electron chi connectivity index (χ3n) is 8.95. The minimum absolute atomic E-state index is 0.421. The van der Waals surface area contributed by atoms with Crippen LogP contribution in [0.2, 0.25) is 0 Å². The monoisotopic (exact) mass is 643 g/mol. The average molecular weight is 644 g/mol. The zero-order chi connectivity index (χ0) is 33.4. The first-order valence-electron chi connectivity index (χ1n) is 16.4. The van der Waals surface area contributed by atoms with Crippen molar-refractivity contribution in [1.29, 1.82) is 5.41 Å². The summed E-state index contributed by atoms with van der Waals surface area (Å²) in [5.74, 6) is 1.79. The third kappa shape index (κ3) is 5.35. The van der Waals surface area contributed by atoms with E-state index in [1.54, 1.807) is 0 Å². The van der Waals surface area contributed by atoms with Gasteiger partial charge in [-0.15, -0.1) is 0 Å². The number of hydrogen-bond donors (Lipinski definition) is 2. The number of aromatic nitrogens is 3. The van der Waals surface area contributed by atoms with Crippen molar-refractivity contribution >= 4 is 49.8 Å². The Kier molecular flexibility index (Phi) is 7.17. The van der Waals surface area contributed by atoms with E-state index in [1.807, 2.05) is 127 Å². The Hall–Kier alpha value is -6.92. The molecular formula is C44H29N5O. The van der Waals surface area contributed by atoms with Crippen LogP contribution in [-0.2, 0) is 0 Å². The van der Waals surface area contributed by atoms with Gasteiger partial charge in [0.25, 0.3) is 0 Å². The van der Waals surface area contributed by atoms with Crippen LogP contribution in [0, 0.1) is 5.41 Å². The predicted octanol–water partition coefficient (Wildman–Crippen LogP) is 11.1. The van der Waals surface area contributed by atoms with E-state index in [0.717, 1.165) is 71.9 Å². The molecule has 6 nitrogen and oxygen atoms in total. The molecule has 0 saturated heterocycles. The Morgan fingerprint density at radius 3 is 1.72 bits per heavy atom. The second kappa shape index (κ2) is 12.3. The molecular weight excluding hydrogens is 615 g/mol. The van der Waals surface area contributed by atoms with E-state index in [0.29, 0.717) is 23.2 Å². The van der Waals surface area contributed by atoms with Crippen molar-refractivity contribution in [3.63, 3.8) is 0 Å². The lowest BCUT2D eigenvalue weighted by Gasteiger charge is -2.16. The van der Waals surface area contributed by atoms with Gasteiger partial charge in [-0.3, -0.25) is 5.41 Å². The Bertz CT molecular complexity index is 2630. The molecule has 0 aliphatic heterocycles. The van der Waals surface area contributed by atoms with Gasteiger partial charge in [0.05, 0.1) is 5.71 Å². The Balaban J connectivity index is 1.17. The van der Waals surface area contributed by atoms with Crippen LogP contribution in [0.25, 0.3) is 66.9 Å². The van der Waals surface area contributed by atoms with Gasteiger partial charge in [-0.1, -0.05) is 109 Å². The van der Waals surface area contributed by atoms with Gasteiger partial charge in [0.2, 0.25) is 0 Å². The molecule has 0 saturated carbocycles. The molecule has 2 N–H and O–H groups in total. The number of para-hydroxylation sites is 1. The highest BCUT2D eigenvalue weighted by Crippen LogP contribution is 2.36. The predicted molar refractivity (Wildman–Crippen MR) is 203 cm³/mol. The van der Waals surface area contributed by atoms with E-state index in [-0.39, 0.29) is 0 Å². The van der Waals surface area contributed by atoms with Gasteiger partial charge in [0, 0.05) is 50.0 Å². The van der Waals surface area contributed by atoms with Crippen LogP contribution in [0.5, 0.6) is 0 Å². The molecule has 0 bridgehead atoms. The molecule has 9 aromatic rings.